The molecular weight excluding hydrogens is 242 g/mol. The number of aromatic nitrogens is 1. The van der Waals surface area contributed by atoms with Crippen LogP contribution in [0.4, 0.5) is 5.69 Å². The van der Waals surface area contributed by atoms with Crippen molar-refractivity contribution in [2.24, 2.45) is 7.05 Å². The quantitative estimate of drug-likeness (QED) is 0.878. The molecule has 5 heteroatoms. The van der Waals surface area contributed by atoms with Crippen LogP contribution in [0.2, 0.25) is 0 Å². The lowest BCUT2D eigenvalue weighted by Crippen LogP contribution is -2.00. The van der Waals surface area contributed by atoms with Crippen LogP contribution in [0.25, 0.3) is 0 Å². The number of anilines is 1. The number of carboxylic acid groups (broad SMARTS) is 1. The van der Waals surface area contributed by atoms with Crippen LogP contribution in [0.5, 0.6) is 0 Å². The van der Waals surface area contributed by atoms with E-state index in [1.54, 1.807) is 28.8 Å². The topological polar surface area (TPSA) is 78.1 Å². The lowest BCUT2D eigenvalue weighted by atomic mass is 10.2. The predicted molar refractivity (Wildman–Crippen MR) is 70.9 cm³/mol. The molecule has 2 N–H and O–H groups in total. The van der Waals surface area contributed by atoms with E-state index in [0.29, 0.717) is 12.2 Å². The average Bonchev–Trinajstić information content (AvgIpc) is 2.77. The normalized spacial score (nSPS) is 9.89. The first kappa shape index (κ1) is 12.7. The van der Waals surface area contributed by atoms with Crippen molar-refractivity contribution in [3.05, 3.63) is 53.3 Å². The van der Waals surface area contributed by atoms with Gasteiger partial charge in [0.2, 0.25) is 0 Å². The van der Waals surface area contributed by atoms with Crippen molar-refractivity contribution in [3.8, 4) is 6.07 Å². The SMILES string of the molecule is Cn1cc(CNc2ccc(C(=O)O)cc2)cc1C#N. The smallest absolute Gasteiger partial charge is 0.335 e. The third kappa shape index (κ3) is 2.93. The van der Waals surface area contributed by atoms with Crippen LogP contribution >= 0.6 is 0 Å². The van der Waals surface area contributed by atoms with Gasteiger partial charge in [-0.15, -0.1) is 0 Å². The fourth-order valence-corrected chi connectivity index (χ4v) is 1.78. The molecule has 96 valence electrons. The van der Waals surface area contributed by atoms with E-state index in [2.05, 4.69) is 11.4 Å². The highest BCUT2D eigenvalue weighted by Crippen LogP contribution is 2.12. The van der Waals surface area contributed by atoms with Gasteiger partial charge in [-0.25, -0.2) is 4.79 Å². The minimum absolute atomic E-state index is 0.261. The third-order valence-corrected chi connectivity index (χ3v) is 2.80. The first-order chi connectivity index (χ1) is 9.10. The number of hydrogen-bond acceptors (Lipinski definition) is 3. The minimum Gasteiger partial charge on any atom is -0.478 e. The standard InChI is InChI=1S/C14H13N3O2/c1-17-9-10(6-13(17)7-15)8-16-12-4-2-11(3-5-12)14(18)19/h2-6,9,16H,8H2,1H3,(H,18,19). The van der Waals surface area contributed by atoms with Crippen LogP contribution in [0, 0.1) is 11.3 Å². The molecule has 0 atom stereocenters. The van der Waals surface area contributed by atoms with Crippen molar-refractivity contribution in [1.82, 2.24) is 4.57 Å². The molecule has 2 rings (SSSR count). The summed E-state index contributed by atoms with van der Waals surface area (Å²) < 4.78 is 1.77. The minimum atomic E-state index is -0.937. The second-order valence-corrected chi connectivity index (χ2v) is 4.19. The van der Waals surface area contributed by atoms with Crippen LogP contribution in [0.1, 0.15) is 21.6 Å². The van der Waals surface area contributed by atoms with E-state index in [1.165, 1.54) is 0 Å². The summed E-state index contributed by atoms with van der Waals surface area (Å²) in [4.78, 5) is 10.7. The summed E-state index contributed by atoms with van der Waals surface area (Å²) in [6.45, 7) is 0.585. The van der Waals surface area contributed by atoms with E-state index in [0.717, 1.165) is 11.3 Å². The number of nitrogens with one attached hydrogen (secondary N) is 1. The fourth-order valence-electron chi connectivity index (χ4n) is 1.78. The second-order valence-electron chi connectivity index (χ2n) is 4.19. The van der Waals surface area contributed by atoms with E-state index in [-0.39, 0.29) is 5.56 Å². The van der Waals surface area contributed by atoms with Crippen molar-refractivity contribution in [2.45, 2.75) is 6.54 Å². The van der Waals surface area contributed by atoms with E-state index in [1.807, 2.05) is 19.3 Å². The van der Waals surface area contributed by atoms with Crippen molar-refractivity contribution in [1.29, 1.82) is 5.26 Å². The highest BCUT2D eigenvalue weighted by molar-refractivity contribution is 5.87. The molecule has 1 aromatic carbocycles. The molecule has 0 aliphatic rings. The van der Waals surface area contributed by atoms with Crippen LogP contribution < -0.4 is 5.32 Å². The lowest BCUT2D eigenvalue weighted by Gasteiger charge is -2.05. The molecule has 0 bridgehead atoms. The van der Waals surface area contributed by atoms with Crippen molar-refractivity contribution < 1.29 is 9.90 Å². The summed E-state index contributed by atoms with van der Waals surface area (Å²) in [7, 11) is 1.82. The Kier molecular flexibility index (Phi) is 3.53. The average molecular weight is 255 g/mol. The molecule has 0 aliphatic heterocycles. The fraction of sp³-hybridized carbons (Fsp3) is 0.143. The van der Waals surface area contributed by atoms with Crippen LogP contribution in [-0.4, -0.2) is 15.6 Å². The molecular formula is C14H13N3O2. The Morgan fingerprint density at radius 3 is 2.63 bits per heavy atom. The van der Waals surface area contributed by atoms with Gasteiger partial charge in [0, 0.05) is 25.5 Å². The Hall–Kier alpha value is -2.74. The van der Waals surface area contributed by atoms with E-state index < -0.39 is 5.97 Å². The highest BCUT2D eigenvalue weighted by atomic mass is 16.4. The number of hydrogen-bond donors (Lipinski definition) is 2. The van der Waals surface area contributed by atoms with E-state index >= 15 is 0 Å². The van der Waals surface area contributed by atoms with Gasteiger partial charge < -0.3 is 15.0 Å². The number of carbonyl (C=O) groups is 1. The van der Waals surface area contributed by atoms with Gasteiger partial charge in [0.25, 0.3) is 0 Å². The van der Waals surface area contributed by atoms with Crippen molar-refractivity contribution >= 4 is 11.7 Å². The number of aryl methyl sites for hydroxylation is 1. The summed E-state index contributed by atoms with van der Waals surface area (Å²) in [5.74, 6) is -0.937. The van der Waals surface area contributed by atoms with Gasteiger partial charge in [0.1, 0.15) is 11.8 Å². The maximum absolute atomic E-state index is 10.7. The first-order valence-electron chi connectivity index (χ1n) is 5.72. The maximum atomic E-state index is 10.7. The van der Waals surface area contributed by atoms with Gasteiger partial charge in [-0.1, -0.05) is 0 Å². The molecule has 0 amide bonds. The molecule has 1 aromatic heterocycles. The van der Waals surface area contributed by atoms with Gasteiger partial charge >= 0.3 is 5.97 Å². The Labute approximate surface area is 110 Å². The van der Waals surface area contributed by atoms with Crippen molar-refractivity contribution in [2.75, 3.05) is 5.32 Å². The molecule has 1 heterocycles. The summed E-state index contributed by atoms with van der Waals surface area (Å²) in [6.07, 6.45) is 1.89. The number of carboxylic acids is 1. The Morgan fingerprint density at radius 2 is 2.11 bits per heavy atom. The number of rotatable bonds is 4. The Bertz CT molecular complexity index is 636. The molecule has 0 saturated heterocycles. The summed E-state index contributed by atoms with van der Waals surface area (Å²) in [5, 5.41) is 20.8. The molecule has 19 heavy (non-hydrogen) atoms. The molecule has 0 radical (unpaired) electrons. The lowest BCUT2D eigenvalue weighted by molar-refractivity contribution is 0.0697. The summed E-state index contributed by atoms with van der Waals surface area (Å²) in [6, 6.07) is 10.5. The molecule has 0 fully saturated rings. The Balaban J connectivity index is 2.02. The molecule has 0 aliphatic carbocycles. The first-order valence-corrected chi connectivity index (χ1v) is 5.72. The Morgan fingerprint density at radius 1 is 1.42 bits per heavy atom. The van der Waals surface area contributed by atoms with Gasteiger partial charge in [0.15, 0.2) is 0 Å². The van der Waals surface area contributed by atoms with Gasteiger partial charge in [0.05, 0.1) is 5.56 Å². The number of nitrogens with zero attached hydrogens (tertiary/aromatic N) is 2. The van der Waals surface area contributed by atoms with Gasteiger partial charge in [-0.05, 0) is 35.9 Å². The van der Waals surface area contributed by atoms with Crippen molar-refractivity contribution in [3.63, 3.8) is 0 Å². The number of benzene rings is 1. The molecule has 0 saturated carbocycles. The molecule has 2 aromatic rings. The number of aromatic carboxylic acids is 1. The van der Waals surface area contributed by atoms with E-state index in [4.69, 9.17) is 10.4 Å². The van der Waals surface area contributed by atoms with Crippen LogP contribution in [0.3, 0.4) is 0 Å². The summed E-state index contributed by atoms with van der Waals surface area (Å²) in [5.41, 5.74) is 2.71. The second kappa shape index (κ2) is 5.27. The summed E-state index contributed by atoms with van der Waals surface area (Å²) >= 11 is 0. The van der Waals surface area contributed by atoms with Crippen LogP contribution in [-0.2, 0) is 13.6 Å². The highest BCUT2D eigenvalue weighted by Gasteiger charge is 2.03. The molecule has 5 nitrogen and oxygen atoms in total. The zero-order valence-corrected chi connectivity index (χ0v) is 10.4. The van der Waals surface area contributed by atoms with Crippen LogP contribution in [0.15, 0.2) is 36.5 Å². The molecule has 0 unspecified atom stereocenters. The van der Waals surface area contributed by atoms with E-state index in [9.17, 15) is 4.79 Å². The molecule has 0 spiro atoms. The largest absolute Gasteiger partial charge is 0.478 e. The van der Waals surface area contributed by atoms with Gasteiger partial charge in [-0.3, -0.25) is 0 Å². The van der Waals surface area contributed by atoms with Gasteiger partial charge in [-0.2, -0.15) is 5.26 Å². The third-order valence-electron chi connectivity index (χ3n) is 2.80. The predicted octanol–water partition coefficient (Wildman–Crippen LogP) is 2.21. The maximum Gasteiger partial charge on any atom is 0.335 e. The zero-order valence-electron chi connectivity index (χ0n) is 10.4. The monoisotopic (exact) mass is 255 g/mol. The zero-order chi connectivity index (χ0) is 13.8. The number of nitriles is 1.